The normalized spacial score (nSPS) is 11.0. The van der Waals surface area contributed by atoms with Crippen molar-refractivity contribution in [2.45, 2.75) is 13.5 Å². The van der Waals surface area contributed by atoms with Crippen LogP contribution in [0.5, 0.6) is 5.75 Å². The summed E-state index contributed by atoms with van der Waals surface area (Å²) in [4.78, 5) is 8.92. The number of aryl methyl sites for hydroxylation is 1. The van der Waals surface area contributed by atoms with Gasteiger partial charge >= 0.3 is 0 Å². The molecule has 0 aliphatic rings. The maximum Gasteiger partial charge on any atom is 0.160 e. The van der Waals surface area contributed by atoms with Gasteiger partial charge in [0.1, 0.15) is 17.1 Å². The average Bonchev–Trinajstić information content (AvgIpc) is 2.80. The number of nitrogens with zero attached hydrogens (tertiary/aromatic N) is 3. The summed E-state index contributed by atoms with van der Waals surface area (Å²) in [5, 5.41) is 9.72. The van der Waals surface area contributed by atoms with Crippen LogP contribution in [0, 0.1) is 0 Å². The van der Waals surface area contributed by atoms with E-state index in [-0.39, 0.29) is 5.75 Å². The van der Waals surface area contributed by atoms with E-state index in [2.05, 4.69) is 9.97 Å². The van der Waals surface area contributed by atoms with Gasteiger partial charge in [-0.05, 0) is 37.3 Å². The summed E-state index contributed by atoms with van der Waals surface area (Å²) >= 11 is 0. The lowest BCUT2D eigenvalue weighted by atomic mass is 10.2. The fourth-order valence-electron chi connectivity index (χ4n) is 2.16. The molecular weight excluding hydrogens is 240 g/mol. The minimum absolute atomic E-state index is 0.0696. The van der Waals surface area contributed by atoms with Gasteiger partial charge in [-0.3, -0.25) is 0 Å². The number of aromatic nitrogens is 3. The van der Waals surface area contributed by atoms with E-state index < -0.39 is 0 Å². The Balaban J connectivity index is 2.26. The lowest BCUT2D eigenvalue weighted by Crippen LogP contribution is -1.98. The molecule has 0 bridgehead atoms. The lowest BCUT2D eigenvalue weighted by molar-refractivity contribution is 0.478. The number of phenolic OH excluding ortho intramolecular Hbond substituents is 1. The molecule has 96 valence electrons. The lowest BCUT2D eigenvalue weighted by Gasteiger charge is -2.06. The number of hydrogen-bond donors (Lipinski definition) is 2. The number of rotatable bonds is 2. The van der Waals surface area contributed by atoms with E-state index in [0.29, 0.717) is 5.69 Å². The Bertz CT molecular complexity index is 748. The number of imidazole rings is 1. The summed E-state index contributed by atoms with van der Waals surface area (Å²) in [6.45, 7) is 2.80. The van der Waals surface area contributed by atoms with Crippen LogP contribution in [-0.2, 0) is 6.54 Å². The molecular formula is C14H14N4O. The average molecular weight is 254 g/mol. The van der Waals surface area contributed by atoms with Crippen LogP contribution >= 0.6 is 0 Å². The van der Waals surface area contributed by atoms with Crippen LogP contribution < -0.4 is 5.73 Å². The van der Waals surface area contributed by atoms with Crippen LogP contribution in [0.2, 0.25) is 0 Å². The van der Waals surface area contributed by atoms with E-state index in [1.165, 1.54) is 0 Å². The molecule has 0 spiro atoms. The molecule has 2 heterocycles. The first kappa shape index (κ1) is 11.5. The zero-order valence-corrected chi connectivity index (χ0v) is 10.5. The van der Waals surface area contributed by atoms with Crippen LogP contribution in [0.1, 0.15) is 6.92 Å². The SMILES string of the molecule is CCn1c(-c2ccc(N)c(O)c2)nc2cccnc21. The molecule has 0 aliphatic carbocycles. The number of hydrogen-bond acceptors (Lipinski definition) is 4. The van der Waals surface area contributed by atoms with E-state index >= 15 is 0 Å². The quantitative estimate of drug-likeness (QED) is 0.544. The van der Waals surface area contributed by atoms with Gasteiger partial charge in [0.2, 0.25) is 0 Å². The number of pyridine rings is 1. The van der Waals surface area contributed by atoms with Gasteiger partial charge in [-0.25, -0.2) is 9.97 Å². The highest BCUT2D eigenvalue weighted by Crippen LogP contribution is 2.29. The molecule has 0 saturated heterocycles. The minimum Gasteiger partial charge on any atom is -0.506 e. The third kappa shape index (κ3) is 1.79. The minimum atomic E-state index is 0.0696. The molecule has 5 heteroatoms. The van der Waals surface area contributed by atoms with E-state index in [1.54, 1.807) is 18.3 Å². The predicted octanol–water partition coefficient (Wildman–Crippen LogP) is 2.41. The van der Waals surface area contributed by atoms with E-state index in [4.69, 9.17) is 5.73 Å². The fourth-order valence-corrected chi connectivity index (χ4v) is 2.16. The van der Waals surface area contributed by atoms with Crippen molar-refractivity contribution in [2.75, 3.05) is 5.73 Å². The van der Waals surface area contributed by atoms with Gasteiger partial charge in [-0.1, -0.05) is 0 Å². The standard InChI is InChI=1S/C14H14N4O/c1-2-18-13(9-5-6-10(15)12(19)8-9)17-11-4-3-7-16-14(11)18/h3-8,19H,2,15H2,1H3. The first-order valence-electron chi connectivity index (χ1n) is 6.11. The number of aromatic hydroxyl groups is 1. The Hall–Kier alpha value is -2.56. The molecule has 0 aliphatic heterocycles. The second-order valence-electron chi connectivity index (χ2n) is 4.30. The summed E-state index contributed by atoms with van der Waals surface area (Å²) in [6.07, 6.45) is 1.75. The number of phenols is 1. The summed E-state index contributed by atoms with van der Waals surface area (Å²) in [5.41, 5.74) is 8.50. The van der Waals surface area contributed by atoms with Crippen molar-refractivity contribution < 1.29 is 5.11 Å². The molecule has 0 amide bonds. The van der Waals surface area contributed by atoms with Gasteiger partial charge in [0, 0.05) is 18.3 Å². The highest BCUT2D eigenvalue weighted by molar-refractivity contribution is 5.78. The van der Waals surface area contributed by atoms with Crippen molar-refractivity contribution >= 4 is 16.9 Å². The second kappa shape index (κ2) is 4.28. The maximum atomic E-state index is 9.72. The van der Waals surface area contributed by atoms with Crippen molar-refractivity contribution in [2.24, 2.45) is 0 Å². The molecule has 0 fully saturated rings. The van der Waals surface area contributed by atoms with Gasteiger partial charge in [0.05, 0.1) is 5.69 Å². The molecule has 3 N–H and O–H groups in total. The predicted molar refractivity (Wildman–Crippen MR) is 74.7 cm³/mol. The smallest absolute Gasteiger partial charge is 0.160 e. The van der Waals surface area contributed by atoms with Gasteiger partial charge in [0.15, 0.2) is 5.65 Å². The molecule has 0 radical (unpaired) electrons. The molecule has 3 aromatic rings. The largest absolute Gasteiger partial charge is 0.506 e. The highest BCUT2D eigenvalue weighted by Gasteiger charge is 2.13. The topological polar surface area (TPSA) is 77.0 Å². The van der Waals surface area contributed by atoms with Crippen molar-refractivity contribution in [1.82, 2.24) is 14.5 Å². The molecule has 1 aromatic carbocycles. The first-order chi connectivity index (χ1) is 9.20. The molecule has 2 aromatic heterocycles. The number of fused-ring (bicyclic) bond motifs is 1. The van der Waals surface area contributed by atoms with Gasteiger partial charge in [-0.2, -0.15) is 0 Å². The van der Waals surface area contributed by atoms with Crippen LogP contribution in [-0.4, -0.2) is 19.6 Å². The van der Waals surface area contributed by atoms with E-state index in [9.17, 15) is 5.11 Å². The third-order valence-corrected chi connectivity index (χ3v) is 3.11. The number of nitrogen functional groups attached to an aromatic ring is 1. The Morgan fingerprint density at radius 3 is 2.89 bits per heavy atom. The fraction of sp³-hybridized carbons (Fsp3) is 0.143. The number of benzene rings is 1. The summed E-state index contributed by atoms with van der Waals surface area (Å²) in [6, 6.07) is 8.94. The summed E-state index contributed by atoms with van der Waals surface area (Å²) in [7, 11) is 0. The first-order valence-corrected chi connectivity index (χ1v) is 6.11. The molecule has 0 unspecified atom stereocenters. The number of nitrogens with two attached hydrogens (primary N) is 1. The van der Waals surface area contributed by atoms with Crippen LogP contribution in [0.25, 0.3) is 22.6 Å². The zero-order valence-electron chi connectivity index (χ0n) is 10.5. The van der Waals surface area contributed by atoms with Crippen LogP contribution in [0.3, 0.4) is 0 Å². The Kier molecular flexibility index (Phi) is 2.59. The third-order valence-electron chi connectivity index (χ3n) is 3.11. The Morgan fingerprint density at radius 2 is 2.16 bits per heavy atom. The molecule has 0 saturated carbocycles. The van der Waals surface area contributed by atoms with E-state index in [1.807, 2.05) is 29.7 Å². The highest BCUT2D eigenvalue weighted by atomic mass is 16.3. The molecule has 5 nitrogen and oxygen atoms in total. The van der Waals surface area contributed by atoms with E-state index in [0.717, 1.165) is 29.1 Å². The number of anilines is 1. The molecule has 3 rings (SSSR count). The molecule has 0 atom stereocenters. The van der Waals surface area contributed by atoms with Gasteiger partial charge in [0.25, 0.3) is 0 Å². The van der Waals surface area contributed by atoms with Crippen molar-refractivity contribution in [3.05, 3.63) is 36.5 Å². The zero-order chi connectivity index (χ0) is 13.4. The van der Waals surface area contributed by atoms with Gasteiger partial charge in [-0.15, -0.1) is 0 Å². The summed E-state index contributed by atoms with van der Waals surface area (Å²) in [5.74, 6) is 0.853. The Morgan fingerprint density at radius 1 is 1.32 bits per heavy atom. The van der Waals surface area contributed by atoms with Crippen LogP contribution in [0.4, 0.5) is 5.69 Å². The monoisotopic (exact) mass is 254 g/mol. The maximum absolute atomic E-state index is 9.72. The van der Waals surface area contributed by atoms with Crippen molar-refractivity contribution in [3.8, 4) is 17.1 Å². The summed E-state index contributed by atoms with van der Waals surface area (Å²) < 4.78 is 2.01. The Labute approximate surface area is 110 Å². The van der Waals surface area contributed by atoms with Crippen molar-refractivity contribution in [1.29, 1.82) is 0 Å². The van der Waals surface area contributed by atoms with Gasteiger partial charge < -0.3 is 15.4 Å². The molecule has 19 heavy (non-hydrogen) atoms. The van der Waals surface area contributed by atoms with Crippen LogP contribution in [0.15, 0.2) is 36.5 Å². The second-order valence-corrected chi connectivity index (χ2v) is 4.30. The van der Waals surface area contributed by atoms with Crippen molar-refractivity contribution in [3.63, 3.8) is 0 Å².